The Balaban J connectivity index is 0.0000104. The maximum Gasteiger partial charge on any atom is 0.311 e. The van der Waals surface area contributed by atoms with Gasteiger partial charge in [0, 0.05) is 50.4 Å². The van der Waals surface area contributed by atoms with Gasteiger partial charge in [0.05, 0.1) is 74.1 Å². The van der Waals surface area contributed by atoms with Crippen LogP contribution >= 0.6 is 0 Å². The predicted octanol–water partition coefficient (Wildman–Crippen LogP) is 5.39. The van der Waals surface area contributed by atoms with Crippen molar-refractivity contribution >= 4 is 11.7 Å². The SMILES string of the molecule is CC[C@H]1OC(=O)[C@H](C)[C@@H](O[C@H]2C[C@@](C)(OC)[C@@H](O)[C@H](C)O2)[C@H](C)[C@@H](O[C@@H]2O[C@H](C)C[C@H]([N+](C)(C)Cc3ccccc3)[C@H]2OCc2ccccc2)[C@](C)(OC)C[C@@H](C)/C(=N\OCc2ccccc2)[C@H](C)[C@@H](O)[C@]1(C)O.[Br-]. The summed E-state index contributed by atoms with van der Waals surface area (Å²) in [5.41, 5.74) is -0.645. The highest BCUT2D eigenvalue weighted by molar-refractivity contribution is 5.88. The van der Waals surface area contributed by atoms with E-state index in [1.807, 2.05) is 94.4 Å². The number of likely N-dealkylation sites (N-methyl/N-ethyl adjacent to an activating group) is 1. The highest BCUT2D eigenvalue weighted by atomic mass is 79.9. The Bertz CT molecular complexity index is 2230. The first kappa shape index (κ1) is 62.5. The monoisotopic (exact) mass is 1110 g/mol. The first-order chi connectivity index (χ1) is 35.0. The van der Waals surface area contributed by atoms with Gasteiger partial charge in [0.25, 0.3) is 0 Å². The summed E-state index contributed by atoms with van der Waals surface area (Å²) in [5.74, 6) is -3.63. The van der Waals surface area contributed by atoms with Gasteiger partial charge in [-0.2, -0.15) is 0 Å². The van der Waals surface area contributed by atoms with Crippen molar-refractivity contribution in [1.29, 1.82) is 0 Å². The highest BCUT2D eigenvalue weighted by Gasteiger charge is 2.55. The van der Waals surface area contributed by atoms with Crippen molar-refractivity contribution < 1.29 is 84.3 Å². The van der Waals surface area contributed by atoms with E-state index in [0.717, 1.165) is 17.7 Å². The van der Waals surface area contributed by atoms with Crippen LogP contribution in [0.25, 0.3) is 0 Å². The van der Waals surface area contributed by atoms with Crippen LogP contribution in [0.3, 0.4) is 0 Å². The molecule has 75 heavy (non-hydrogen) atoms. The zero-order valence-corrected chi connectivity index (χ0v) is 48.6. The van der Waals surface area contributed by atoms with Gasteiger partial charge in [-0.15, -0.1) is 0 Å². The van der Waals surface area contributed by atoms with Gasteiger partial charge in [-0.25, -0.2) is 0 Å². The second-order valence-corrected chi connectivity index (χ2v) is 22.7. The van der Waals surface area contributed by atoms with Gasteiger partial charge in [-0.3, -0.25) is 4.79 Å². The third-order valence-electron chi connectivity index (χ3n) is 16.5. The third kappa shape index (κ3) is 15.1. The minimum Gasteiger partial charge on any atom is -1.00 e. The van der Waals surface area contributed by atoms with E-state index >= 15 is 0 Å². The van der Waals surface area contributed by atoms with Crippen LogP contribution in [0.1, 0.15) is 112 Å². The van der Waals surface area contributed by atoms with E-state index in [4.69, 9.17) is 47.9 Å². The fourth-order valence-corrected chi connectivity index (χ4v) is 11.8. The van der Waals surface area contributed by atoms with E-state index in [1.165, 1.54) is 12.5 Å². The number of hydrogen-bond donors (Lipinski definition) is 3. The van der Waals surface area contributed by atoms with Gasteiger partial charge in [0.1, 0.15) is 37.0 Å². The molecular weight excluding hydrogens is 1020 g/mol. The van der Waals surface area contributed by atoms with E-state index in [-0.39, 0.29) is 55.0 Å². The summed E-state index contributed by atoms with van der Waals surface area (Å²) in [6.07, 6.45) is -7.69. The molecule has 6 rings (SSSR count). The van der Waals surface area contributed by atoms with E-state index in [1.54, 1.807) is 41.9 Å². The van der Waals surface area contributed by atoms with Crippen LogP contribution < -0.4 is 17.0 Å². The second kappa shape index (κ2) is 27.0. The van der Waals surface area contributed by atoms with Gasteiger partial charge >= 0.3 is 5.97 Å². The van der Waals surface area contributed by atoms with Crippen LogP contribution in [-0.4, -0.2) is 144 Å². The molecule has 0 unspecified atom stereocenters. The molecule has 3 N–H and O–H groups in total. The molecule has 3 aromatic carbocycles. The van der Waals surface area contributed by atoms with Crippen LogP contribution in [0.4, 0.5) is 0 Å². The minimum absolute atomic E-state index is 0. The maximum atomic E-state index is 14.9. The standard InChI is InChI=1S/C59H89N2O13.BrH/c1-15-47-59(10,65)52(62)39(4)49(60-69-36-45-29-23-18-24-30-45)37(2)32-58(9,67-14)54(40(5)50(41(6)55(64)72-47)73-48-33-57(8,66-13)53(63)42(7)71-48)74-56-51(68-35-44-27-21-17-22-28-44)46(31-38(3)70-56)61(11,12)34-43-25-19-16-20-26-43;/h16-30,37-42,46-48,50-54,56,62-63,65H,15,31-36H2,1-14H3;1H/q+1;/p-1/b60-49+;/t37-,38-,39+,40+,41-,42+,46+,47-,48+,50+,51-,52-,53+,54-,56+,57-,58-,59-;/m1./s1. The average molecular weight is 1110 g/mol. The van der Waals surface area contributed by atoms with Crippen molar-refractivity contribution in [2.24, 2.45) is 28.8 Å². The maximum absolute atomic E-state index is 14.9. The lowest BCUT2D eigenvalue weighted by Crippen LogP contribution is -3.00. The number of carbonyl (C=O) groups excluding carboxylic acids is 1. The fraction of sp³-hybridized carbons (Fsp3) is 0.661. The molecule has 3 heterocycles. The molecule has 3 aromatic rings. The Hall–Kier alpha value is -3.36. The molecule has 0 spiro atoms. The first-order valence-corrected chi connectivity index (χ1v) is 26.7. The number of aliphatic hydroxyl groups excluding tert-OH is 2. The van der Waals surface area contributed by atoms with Gasteiger partial charge in [-0.1, -0.05) is 124 Å². The summed E-state index contributed by atoms with van der Waals surface area (Å²) in [6.45, 7) is 19.6. The van der Waals surface area contributed by atoms with Crippen molar-refractivity contribution in [2.75, 3.05) is 28.3 Å². The average Bonchev–Trinajstić information content (AvgIpc) is 3.38. The Morgan fingerprint density at radius 2 is 1.28 bits per heavy atom. The van der Waals surface area contributed by atoms with Crippen LogP contribution in [0.15, 0.2) is 96.2 Å². The number of ether oxygens (including phenoxy) is 8. The molecule has 0 aromatic heterocycles. The summed E-state index contributed by atoms with van der Waals surface area (Å²) in [4.78, 5) is 21.0. The largest absolute Gasteiger partial charge is 1.00 e. The fourth-order valence-electron chi connectivity index (χ4n) is 11.8. The Morgan fingerprint density at radius 3 is 1.84 bits per heavy atom. The number of carbonyl (C=O) groups is 1. The summed E-state index contributed by atoms with van der Waals surface area (Å²) in [7, 11) is 7.63. The Labute approximate surface area is 457 Å². The molecule has 0 bridgehead atoms. The number of aliphatic hydroxyl groups is 3. The zero-order chi connectivity index (χ0) is 54.2. The molecule has 3 fully saturated rings. The number of oxime groups is 1. The Morgan fingerprint density at radius 1 is 0.720 bits per heavy atom. The summed E-state index contributed by atoms with van der Waals surface area (Å²) in [5, 5.41) is 40.6. The number of rotatable bonds is 16. The van der Waals surface area contributed by atoms with Crippen LogP contribution in [-0.2, 0) is 67.3 Å². The molecule has 420 valence electrons. The molecule has 18 atom stereocenters. The normalized spacial score (nSPS) is 38.0. The molecule has 3 aliphatic rings. The van der Waals surface area contributed by atoms with Crippen LogP contribution in [0.5, 0.6) is 0 Å². The van der Waals surface area contributed by atoms with E-state index < -0.39 is 102 Å². The van der Waals surface area contributed by atoms with Crippen molar-refractivity contribution in [3.63, 3.8) is 0 Å². The Kier molecular flexibility index (Phi) is 22.5. The number of esters is 1. The lowest BCUT2D eigenvalue weighted by molar-refractivity contribution is -0.934. The van der Waals surface area contributed by atoms with Crippen molar-refractivity contribution in [1.82, 2.24) is 0 Å². The zero-order valence-electron chi connectivity index (χ0n) is 47.0. The molecule has 0 aliphatic carbocycles. The smallest absolute Gasteiger partial charge is 0.311 e. The summed E-state index contributed by atoms with van der Waals surface area (Å²) < 4.78 is 54.7. The molecule has 0 amide bonds. The predicted molar refractivity (Wildman–Crippen MR) is 282 cm³/mol. The quantitative estimate of drug-likeness (QED) is 0.0949. The number of hydrogen-bond acceptors (Lipinski definition) is 14. The minimum atomic E-state index is -1.93. The van der Waals surface area contributed by atoms with E-state index in [0.29, 0.717) is 23.2 Å². The summed E-state index contributed by atoms with van der Waals surface area (Å²) in [6, 6.07) is 30.0. The number of halogens is 1. The van der Waals surface area contributed by atoms with E-state index in [9.17, 15) is 20.1 Å². The molecule has 3 aliphatic heterocycles. The molecule has 0 saturated carbocycles. The molecule has 15 nitrogen and oxygen atoms in total. The molecule has 0 radical (unpaired) electrons. The van der Waals surface area contributed by atoms with Crippen LogP contribution in [0, 0.1) is 23.7 Å². The van der Waals surface area contributed by atoms with Crippen molar-refractivity contribution in [3.05, 3.63) is 108 Å². The second-order valence-electron chi connectivity index (χ2n) is 22.7. The molecular formula is C59H89BrN2O13. The number of nitrogens with zero attached hydrogens (tertiary/aromatic N) is 2. The molecule has 3 saturated heterocycles. The van der Waals surface area contributed by atoms with Gasteiger partial charge in [0.15, 0.2) is 18.7 Å². The lowest BCUT2D eigenvalue weighted by atomic mass is 9.73. The number of benzene rings is 3. The third-order valence-corrected chi connectivity index (χ3v) is 16.5. The van der Waals surface area contributed by atoms with Gasteiger partial charge < -0.3 is 79.5 Å². The summed E-state index contributed by atoms with van der Waals surface area (Å²) >= 11 is 0. The highest BCUT2D eigenvalue weighted by Crippen LogP contribution is 2.43. The van der Waals surface area contributed by atoms with Gasteiger partial charge in [0.2, 0.25) is 0 Å². The lowest BCUT2D eigenvalue weighted by Gasteiger charge is -2.51. The molecule has 16 heteroatoms. The topological polar surface area (TPSA) is 173 Å². The van der Waals surface area contributed by atoms with Crippen molar-refractivity contribution in [3.8, 4) is 0 Å². The number of cyclic esters (lactones) is 1. The van der Waals surface area contributed by atoms with Gasteiger partial charge in [-0.05, 0) is 65.5 Å². The van der Waals surface area contributed by atoms with E-state index in [2.05, 4.69) is 45.3 Å². The first-order valence-electron chi connectivity index (χ1n) is 26.7. The number of quaternary nitrogens is 1. The number of methoxy groups -OCH3 is 2. The van der Waals surface area contributed by atoms with Crippen molar-refractivity contribution in [2.45, 2.75) is 199 Å². The van der Waals surface area contributed by atoms with Crippen LogP contribution in [0.2, 0.25) is 0 Å².